The van der Waals surface area contributed by atoms with Crippen LogP contribution in [0.1, 0.15) is 24.7 Å². The van der Waals surface area contributed by atoms with Crippen molar-refractivity contribution in [2.24, 2.45) is 4.99 Å². The van der Waals surface area contributed by atoms with Crippen molar-refractivity contribution < 1.29 is 9.21 Å². The van der Waals surface area contributed by atoms with E-state index in [4.69, 9.17) is 21.0 Å². The van der Waals surface area contributed by atoms with E-state index >= 15 is 0 Å². The highest BCUT2D eigenvalue weighted by Crippen LogP contribution is 2.35. The third-order valence-electron chi connectivity index (χ3n) is 4.62. The summed E-state index contributed by atoms with van der Waals surface area (Å²) in [6.45, 7) is 4.72. The van der Waals surface area contributed by atoms with Gasteiger partial charge in [-0.3, -0.25) is 9.69 Å². The summed E-state index contributed by atoms with van der Waals surface area (Å²) < 4.78 is 5.94. The van der Waals surface area contributed by atoms with Gasteiger partial charge in [0.05, 0.1) is 10.6 Å². The summed E-state index contributed by atoms with van der Waals surface area (Å²) in [6.07, 6.45) is 2.64. The highest BCUT2D eigenvalue weighted by Gasteiger charge is 2.33. The van der Waals surface area contributed by atoms with Crippen molar-refractivity contribution in [3.63, 3.8) is 0 Å². The summed E-state index contributed by atoms with van der Waals surface area (Å²) in [5.74, 6) is 1.31. The van der Waals surface area contributed by atoms with Crippen LogP contribution in [0.2, 0.25) is 5.02 Å². The summed E-state index contributed by atoms with van der Waals surface area (Å²) in [7, 11) is 0. The molecule has 0 bridgehead atoms. The number of halogens is 1. The molecule has 1 amide bonds. The number of furan rings is 1. The van der Waals surface area contributed by atoms with Crippen molar-refractivity contribution in [1.29, 1.82) is 0 Å². The van der Waals surface area contributed by atoms with Gasteiger partial charge in [-0.05, 0) is 73.6 Å². The molecule has 1 fully saturated rings. The van der Waals surface area contributed by atoms with E-state index in [2.05, 4.69) is 0 Å². The first kappa shape index (κ1) is 20.5. The molecule has 1 aromatic heterocycles. The average molecular weight is 437 g/mol. The fourth-order valence-electron chi connectivity index (χ4n) is 3.07. The van der Waals surface area contributed by atoms with Gasteiger partial charge in [-0.15, -0.1) is 0 Å². The molecule has 4 rings (SSSR count). The number of nitrogens with zero attached hydrogens (tertiary/aromatic N) is 2. The summed E-state index contributed by atoms with van der Waals surface area (Å²) in [5.41, 5.74) is 2.94. The summed E-state index contributed by atoms with van der Waals surface area (Å²) in [5, 5.41) is 1.37. The normalized spacial score (nSPS) is 16.8. The predicted octanol–water partition coefficient (Wildman–Crippen LogP) is 6.92. The number of thioether (sulfide) groups is 1. The van der Waals surface area contributed by atoms with Crippen LogP contribution < -0.4 is 0 Å². The summed E-state index contributed by atoms with van der Waals surface area (Å²) in [4.78, 5) is 20.0. The number of amides is 1. The Bertz CT molecular complexity index is 1110. The minimum Gasteiger partial charge on any atom is -0.457 e. The van der Waals surface area contributed by atoms with Crippen LogP contribution in [0.3, 0.4) is 0 Å². The minimum atomic E-state index is -0.0443. The maximum atomic E-state index is 13.0. The molecule has 0 spiro atoms. The van der Waals surface area contributed by atoms with Crippen molar-refractivity contribution in [3.8, 4) is 11.3 Å². The van der Waals surface area contributed by atoms with Crippen LogP contribution in [-0.4, -0.2) is 22.5 Å². The van der Waals surface area contributed by atoms with Crippen molar-refractivity contribution in [2.75, 3.05) is 6.54 Å². The van der Waals surface area contributed by atoms with E-state index in [0.29, 0.717) is 27.4 Å². The molecule has 0 unspecified atom stereocenters. The van der Waals surface area contributed by atoms with Gasteiger partial charge >= 0.3 is 0 Å². The molecule has 3 aromatic rings. The number of aliphatic imine (C=N–C) groups is 1. The van der Waals surface area contributed by atoms with Gasteiger partial charge in [0.1, 0.15) is 11.5 Å². The Morgan fingerprint density at radius 3 is 2.50 bits per heavy atom. The van der Waals surface area contributed by atoms with Gasteiger partial charge in [-0.1, -0.05) is 36.2 Å². The molecular formula is C24H21ClN2O2S. The number of hydrogen-bond donors (Lipinski definition) is 0. The van der Waals surface area contributed by atoms with Crippen LogP contribution in [0, 0.1) is 6.92 Å². The Kier molecular flexibility index (Phi) is 6.11. The smallest absolute Gasteiger partial charge is 0.266 e. The minimum absolute atomic E-state index is 0.0443. The first-order valence-corrected chi connectivity index (χ1v) is 11.0. The van der Waals surface area contributed by atoms with E-state index in [-0.39, 0.29) is 5.91 Å². The van der Waals surface area contributed by atoms with Crippen LogP contribution in [0.4, 0.5) is 5.69 Å². The lowest BCUT2D eigenvalue weighted by Gasteiger charge is -2.13. The van der Waals surface area contributed by atoms with Crippen LogP contribution in [-0.2, 0) is 4.79 Å². The zero-order valence-corrected chi connectivity index (χ0v) is 18.3. The van der Waals surface area contributed by atoms with Crippen LogP contribution >= 0.6 is 23.4 Å². The second-order valence-electron chi connectivity index (χ2n) is 7.01. The van der Waals surface area contributed by atoms with Crippen molar-refractivity contribution >= 4 is 46.2 Å². The van der Waals surface area contributed by atoms with Crippen molar-refractivity contribution in [2.45, 2.75) is 20.3 Å². The van der Waals surface area contributed by atoms with Crippen LogP contribution in [0.25, 0.3) is 17.4 Å². The number of rotatable bonds is 5. The molecule has 6 heteroatoms. The standard InChI is InChI=1S/C24H21ClN2O2S/c1-3-14-27-23(28)22(30-24(27)26-19-10-4-16(2)5-11-19)15-20-12-13-21(29-20)17-6-8-18(25)9-7-17/h4-13,15H,3,14H2,1-2H3/b22-15+,26-24?. The van der Waals surface area contributed by atoms with Gasteiger partial charge < -0.3 is 4.42 Å². The number of hydrogen-bond acceptors (Lipinski definition) is 4. The zero-order valence-electron chi connectivity index (χ0n) is 16.8. The monoisotopic (exact) mass is 436 g/mol. The van der Waals surface area contributed by atoms with Gasteiger partial charge in [0.15, 0.2) is 5.17 Å². The van der Waals surface area contributed by atoms with Gasteiger partial charge in [0.25, 0.3) is 5.91 Å². The molecule has 152 valence electrons. The van der Waals surface area contributed by atoms with E-state index in [1.54, 1.807) is 11.0 Å². The van der Waals surface area contributed by atoms with Gasteiger partial charge in [-0.25, -0.2) is 4.99 Å². The first-order valence-electron chi connectivity index (χ1n) is 9.76. The largest absolute Gasteiger partial charge is 0.457 e. The highest BCUT2D eigenvalue weighted by atomic mass is 35.5. The summed E-state index contributed by atoms with van der Waals surface area (Å²) >= 11 is 7.33. The Morgan fingerprint density at radius 1 is 1.07 bits per heavy atom. The Labute approximate surface area is 185 Å². The lowest BCUT2D eigenvalue weighted by molar-refractivity contribution is -0.122. The number of aryl methyl sites for hydroxylation is 1. The van der Waals surface area contributed by atoms with Gasteiger partial charge in [-0.2, -0.15) is 0 Å². The quantitative estimate of drug-likeness (QED) is 0.407. The Morgan fingerprint density at radius 2 is 1.80 bits per heavy atom. The van der Waals surface area contributed by atoms with E-state index in [1.807, 2.05) is 74.5 Å². The van der Waals surface area contributed by atoms with Crippen LogP contribution in [0.15, 0.2) is 75.0 Å². The lowest BCUT2D eigenvalue weighted by atomic mass is 10.2. The maximum Gasteiger partial charge on any atom is 0.266 e. The van der Waals surface area contributed by atoms with E-state index in [1.165, 1.54) is 17.3 Å². The van der Waals surface area contributed by atoms with Crippen LogP contribution in [0.5, 0.6) is 0 Å². The molecule has 0 radical (unpaired) electrons. The molecule has 1 aliphatic heterocycles. The summed E-state index contributed by atoms with van der Waals surface area (Å²) in [6, 6.07) is 19.2. The highest BCUT2D eigenvalue weighted by molar-refractivity contribution is 8.18. The number of amidine groups is 1. The fraction of sp³-hybridized carbons (Fsp3) is 0.167. The molecule has 1 saturated heterocycles. The number of benzene rings is 2. The molecule has 0 atom stereocenters. The molecule has 0 saturated carbocycles. The van der Waals surface area contributed by atoms with E-state index in [9.17, 15) is 4.79 Å². The van der Waals surface area contributed by atoms with Crippen molar-refractivity contribution in [1.82, 2.24) is 4.90 Å². The molecule has 30 heavy (non-hydrogen) atoms. The molecule has 2 heterocycles. The second-order valence-corrected chi connectivity index (χ2v) is 8.45. The van der Waals surface area contributed by atoms with E-state index < -0.39 is 0 Å². The second kappa shape index (κ2) is 8.94. The molecule has 1 aliphatic rings. The molecule has 0 aliphatic carbocycles. The number of carbonyl (C=O) groups excluding carboxylic acids is 1. The molecule has 2 aromatic carbocycles. The molecule has 0 N–H and O–H groups in total. The topological polar surface area (TPSA) is 45.8 Å². The van der Waals surface area contributed by atoms with Gasteiger partial charge in [0.2, 0.25) is 0 Å². The Balaban J connectivity index is 1.61. The SMILES string of the molecule is CCCN1C(=O)/C(=C\c2ccc(-c3ccc(Cl)cc3)o2)SC1=Nc1ccc(C)cc1. The first-order chi connectivity index (χ1) is 14.5. The van der Waals surface area contributed by atoms with Crippen molar-refractivity contribution in [3.05, 3.63) is 81.9 Å². The third kappa shape index (κ3) is 4.53. The lowest BCUT2D eigenvalue weighted by Crippen LogP contribution is -2.29. The fourth-order valence-corrected chi connectivity index (χ4v) is 4.20. The predicted molar refractivity (Wildman–Crippen MR) is 125 cm³/mol. The Hall–Kier alpha value is -2.76. The third-order valence-corrected chi connectivity index (χ3v) is 5.88. The maximum absolute atomic E-state index is 13.0. The molecule has 4 nitrogen and oxygen atoms in total. The van der Waals surface area contributed by atoms with E-state index in [0.717, 1.165) is 23.4 Å². The number of carbonyl (C=O) groups is 1. The average Bonchev–Trinajstić information content (AvgIpc) is 3.31. The van der Waals surface area contributed by atoms with Gasteiger partial charge in [0, 0.05) is 23.2 Å². The molecular weight excluding hydrogens is 416 g/mol. The zero-order chi connectivity index (χ0) is 21.1.